The molecule has 1 N–H and O–H groups in total. The molecular formula is C21H24N2O2S. The number of hydrogen-bond acceptors (Lipinski definition) is 4. The van der Waals surface area contributed by atoms with Crippen molar-refractivity contribution in [3.63, 3.8) is 0 Å². The Kier molecular flexibility index (Phi) is 5.09. The number of aromatic amines is 1. The monoisotopic (exact) mass is 368 g/mol. The van der Waals surface area contributed by atoms with Crippen molar-refractivity contribution in [1.82, 2.24) is 9.88 Å². The van der Waals surface area contributed by atoms with Gasteiger partial charge in [-0.15, -0.1) is 0 Å². The second kappa shape index (κ2) is 7.64. The molecule has 0 unspecified atom stereocenters. The van der Waals surface area contributed by atoms with Crippen LogP contribution in [0.3, 0.4) is 0 Å². The molecule has 0 radical (unpaired) electrons. The second-order valence-corrected chi connectivity index (χ2v) is 7.71. The lowest BCUT2D eigenvalue weighted by atomic mass is 10.0. The van der Waals surface area contributed by atoms with Gasteiger partial charge in [-0.25, -0.2) is 0 Å². The van der Waals surface area contributed by atoms with Gasteiger partial charge in [-0.2, -0.15) is 11.3 Å². The first-order valence-electron chi connectivity index (χ1n) is 9.27. The van der Waals surface area contributed by atoms with Crippen LogP contribution < -0.4 is 10.3 Å². The first-order valence-corrected chi connectivity index (χ1v) is 10.2. The number of aryl methyl sites for hydroxylation is 1. The molecular weight excluding hydrogens is 344 g/mol. The van der Waals surface area contributed by atoms with Crippen molar-refractivity contribution in [1.29, 1.82) is 0 Å². The van der Waals surface area contributed by atoms with Crippen molar-refractivity contribution in [2.24, 2.45) is 0 Å². The zero-order valence-corrected chi connectivity index (χ0v) is 15.8. The van der Waals surface area contributed by atoms with Crippen molar-refractivity contribution in [3.8, 4) is 5.75 Å². The van der Waals surface area contributed by atoms with E-state index < -0.39 is 0 Å². The summed E-state index contributed by atoms with van der Waals surface area (Å²) in [6.45, 7) is 5.26. The van der Waals surface area contributed by atoms with E-state index in [1.807, 2.05) is 24.4 Å². The van der Waals surface area contributed by atoms with Gasteiger partial charge >= 0.3 is 0 Å². The maximum atomic E-state index is 12.0. The average molecular weight is 369 g/mol. The molecule has 0 amide bonds. The minimum absolute atomic E-state index is 0.0366. The van der Waals surface area contributed by atoms with Crippen molar-refractivity contribution in [3.05, 3.63) is 62.7 Å². The maximum absolute atomic E-state index is 12.0. The third-order valence-electron chi connectivity index (χ3n) is 5.16. The molecule has 1 aliphatic heterocycles. The Morgan fingerprint density at radius 2 is 2.08 bits per heavy atom. The predicted octanol–water partition coefficient (Wildman–Crippen LogP) is 4.20. The number of pyridine rings is 1. The molecule has 3 aromatic rings. The molecule has 0 bridgehead atoms. The van der Waals surface area contributed by atoms with Gasteiger partial charge in [-0.1, -0.05) is 6.92 Å². The molecule has 3 heterocycles. The zero-order chi connectivity index (χ0) is 17.9. The van der Waals surface area contributed by atoms with Gasteiger partial charge in [0.1, 0.15) is 11.9 Å². The third-order valence-corrected chi connectivity index (χ3v) is 5.90. The van der Waals surface area contributed by atoms with E-state index in [0.29, 0.717) is 0 Å². The highest BCUT2D eigenvalue weighted by molar-refractivity contribution is 7.07. The number of nitrogens with one attached hydrogen (secondary N) is 1. The van der Waals surface area contributed by atoms with E-state index in [1.165, 1.54) is 5.56 Å². The van der Waals surface area contributed by atoms with E-state index in [1.54, 1.807) is 11.3 Å². The average Bonchev–Trinajstić information content (AvgIpc) is 3.17. The Hall–Kier alpha value is -2.11. The molecule has 4 nitrogen and oxygen atoms in total. The van der Waals surface area contributed by atoms with Gasteiger partial charge in [0, 0.05) is 31.2 Å². The van der Waals surface area contributed by atoms with Crippen LogP contribution in [0.15, 0.2) is 46.0 Å². The number of H-pyrrole nitrogens is 1. The number of benzene rings is 1. The van der Waals surface area contributed by atoms with Crippen LogP contribution >= 0.6 is 11.3 Å². The van der Waals surface area contributed by atoms with Crippen LogP contribution in [0.2, 0.25) is 0 Å². The van der Waals surface area contributed by atoms with Crippen LogP contribution in [-0.4, -0.2) is 29.1 Å². The van der Waals surface area contributed by atoms with Crippen LogP contribution in [-0.2, 0) is 13.0 Å². The summed E-state index contributed by atoms with van der Waals surface area (Å²) in [5.74, 6) is 0.870. The Bertz CT molecular complexity index is 925. The molecule has 0 atom stereocenters. The van der Waals surface area contributed by atoms with Crippen LogP contribution in [0.5, 0.6) is 5.75 Å². The second-order valence-electron chi connectivity index (χ2n) is 6.93. The lowest BCUT2D eigenvalue weighted by Crippen LogP contribution is -2.37. The van der Waals surface area contributed by atoms with Crippen molar-refractivity contribution in [2.45, 2.75) is 38.8 Å². The van der Waals surface area contributed by atoms with Crippen molar-refractivity contribution < 1.29 is 4.74 Å². The summed E-state index contributed by atoms with van der Waals surface area (Å²) in [6.07, 6.45) is 5.03. The molecule has 26 heavy (non-hydrogen) atoms. The number of fused-ring (bicyclic) bond motifs is 1. The van der Waals surface area contributed by atoms with Crippen LogP contribution in [0.1, 0.15) is 30.9 Å². The number of likely N-dealkylation sites (tertiary alicyclic amines) is 1. The van der Waals surface area contributed by atoms with E-state index in [9.17, 15) is 4.79 Å². The van der Waals surface area contributed by atoms with E-state index in [0.717, 1.165) is 61.0 Å². The molecule has 0 saturated carbocycles. The number of hydrogen-bond donors (Lipinski definition) is 1. The van der Waals surface area contributed by atoms with E-state index in [2.05, 4.69) is 33.6 Å². The highest BCUT2D eigenvalue weighted by atomic mass is 32.1. The number of ether oxygens (including phenoxy) is 1. The molecule has 4 rings (SSSR count). The standard InChI is InChI=1S/C21H24N2O2S/c1-2-16-12-22-21(24)19-4-3-18(11-20(16)19)25-17-5-8-23(9-6-17)13-15-7-10-26-14-15/h3-4,7,10-12,14,17H,2,5-6,8-9,13H2,1H3,(H,22,24). The summed E-state index contributed by atoms with van der Waals surface area (Å²) in [4.78, 5) is 17.3. The quantitative estimate of drug-likeness (QED) is 0.734. The van der Waals surface area contributed by atoms with Crippen molar-refractivity contribution >= 4 is 22.1 Å². The van der Waals surface area contributed by atoms with Gasteiger partial charge in [0.15, 0.2) is 0 Å². The summed E-state index contributed by atoms with van der Waals surface area (Å²) in [6, 6.07) is 8.04. The molecule has 5 heteroatoms. The smallest absolute Gasteiger partial charge is 0.255 e. The number of thiophene rings is 1. The van der Waals surface area contributed by atoms with E-state index in [-0.39, 0.29) is 11.7 Å². The number of aromatic nitrogens is 1. The third kappa shape index (κ3) is 3.69. The molecule has 0 spiro atoms. The summed E-state index contributed by atoms with van der Waals surface area (Å²) < 4.78 is 6.25. The summed E-state index contributed by atoms with van der Waals surface area (Å²) in [7, 11) is 0. The number of rotatable bonds is 5. The van der Waals surface area contributed by atoms with Crippen LogP contribution in [0.25, 0.3) is 10.8 Å². The van der Waals surface area contributed by atoms with Gasteiger partial charge in [0.05, 0.1) is 0 Å². The SMILES string of the molecule is CCc1c[nH]c(=O)c2ccc(OC3CCN(Cc4ccsc4)CC3)cc12. The zero-order valence-electron chi connectivity index (χ0n) is 15.0. The topological polar surface area (TPSA) is 45.3 Å². The highest BCUT2D eigenvalue weighted by Crippen LogP contribution is 2.25. The molecule has 1 aliphatic rings. The van der Waals surface area contributed by atoms with Gasteiger partial charge in [0.2, 0.25) is 0 Å². The fraction of sp³-hybridized carbons (Fsp3) is 0.381. The summed E-state index contributed by atoms with van der Waals surface area (Å²) in [5.41, 5.74) is 2.52. The first kappa shape index (κ1) is 17.3. The molecule has 0 aliphatic carbocycles. The largest absolute Gasteiger partial charge is 0.490 e. The Morgan fingerprint density at radius 3 is 2.81 bits per heavy atom. The normalized spacial score (nSPS) is 16.2. The maximum Gasteiger partial charge on any atom is 0.255 e. The molecule has 136 valence electrons. The van der Waals surface area contributed by atoms with Crippen LogP contribution in [0, 0.1) is 0 Å². The van der Waals surface area contributed by atoms with E-state index >= 15 is 0 Å². The fourth-order valence-corrected chi connectivity index (χ4v) is 4.34. The Balaban J connectivity index is 1.42. The molecule has 1 saturated heterocycles. The summed E-state index contributed by atoms with van der Waals surface area (Å²) >= 11 is 1.76. The van der Waals surface area contributed by atoms with Gasteiger partial charge in [0.25, 0.3) is 5.56 Å². The first-order chi connectivity index (χ1) is 12.7. The highest BCUT2D eigenvalue weighted by Gasteiger charge is 2.21. The molecule has 2 aromatic heterocycles. The minimum atomic E-state index is -0.0366. The van der Waals surface area contributed by atoms with Gasteiger partial charge in [-0.3, -0.25) is 9.69 Å². The van der Waals surface area contributed by atoms with Gasteiger partial charge < -0.3 is 9.72 Å². The Morgan fingerprint density at radius 1 is 1.23 bits per heavy atom. The number of nitrogens with zero attached hydrogens (tertiary/aromatic N) is 1. The lowest BCUT2D eigenvalue weighted by molar-refractivity contribution is 0.0970. The summed E-state index contributed by atoms with van der Waals surface area (Å²) in [5, 5.41) is 6.11. The molecule has 1 aromatic carbocycles. The molecule has 1 fully saturated rings. The van der Waals surface area contributed by atoms with E-state index in [4.69, 9.17) is 4.74 Å². The Labute approximate surface area is 157 Å². The fourth-order valence-electron chi connectivity index (χ4n) is 3.68. The predicted molar refractivity (Wildman–Crippen MR) is 107 cm³/mol. The minimum Gasteiger partial charge on any atom is -0.490 e. The van der Waals surface area contributed by atoms with Gasteiger partial charge in [-0.05, 0) is 70.8 Å². The lowest BCUT2D eigenvalue weighted by Gasteiger charge is -2.32. The van der Waals surface area contributed by atoms with Crippen molar-refractivity contribution in [2.75, 3.05) is 13.1 Å². The van der Waals surface area contributed by atoms with Crippen LogP contribution in [0.4, 0.5) is 0 Å². The number of piperidine rings is 1.